The van der Waals surface area contributed by atoms with E-state index in [1.54, 1.807) is 32.7 Å². The Labute approximate surface area is 85.7 Å². The van der Waals surface area contributed by atoms with E-state index < -0.39 is 10.8 Å². The van der Waals surface area contributed by atoms with Gasteiger partial charge in [-0.05, 0) is 0 Å². The van der Waals surface area contributed by atoms with Crippen molar-refractivity contribution >= 4 is 10.8 Å². The molecule has 0 spiro atoms. The van der Waals surface area contributed by atoms with Crippen molar-refractivity contribution in [2.24, 2.45) is 0 Å². The SMILES string of the molecule is COc1ccnc(CS(C)=O)c1OC. The minimum absolute atomic E-state index is 0.375. The second-order valence-electron chi connectivity index (χ2n) is 2.71. The van der Waals surface area contributed by atoms with Crippen molar-refractivity contribution in [3.63, 3.8) is 0 Å². The van der Waals surface area contributed by atoms with E-state index in [2.05, 4.69) is 4.98 Å². The summed E-state index contributed by atoms with van der Waals surface area (Å²) in [6, 6.07) is 1.71. The molecule has 1 rings (SSSR count). The van der Waals surface area contributed by atoms with Crippen molar-refractivity contribution in [2.45, 2.75) is 5.75 Å². The van der Waals surface area contributed by atoms with Crippen molar-refractivity contribution in [1.29, 1.82) is 0 Å². The molecule has 1 aromatic heterocycles. The molecule has 5 heteroatoms. The van der Waals surface area contributed by atoms with E-state index in [4.69, 9.17) is 9.47 Å². The number of aromatic nitrogens is 1. The van der Waals surface area contributed by atoms with Gasteiger partial charge in [0.25, 0.3) is 0 Å². The van der Waals surface area contributed by atoms with Crippen LogP contribution in [-0.2, 0) is 16.6 Å². The predicted molar refractivity (Wildman–Crippen MR) is 55.1 cm³/mol. The predicted octanol–water partition coefficient (Wildman–Crippen LogP) is 0.977. The van der Waals surface area contributed by atoms with Crippen LogP contribution in [0.15, 0.2) is 12.3 Å². The molecular weight excluding hydrogens is 202 g/mol. The molecule has 0 radical (unpaired) electrons. The Morgan fingerprint density at radius 3 is 2.64 bits per heavy atom. The number of hydrogen-bond acceptors (Lipinski definition) is 4. The van der Waals surface area contributed by atoms with Gasteiger partial charge in [-0.3, -0.25) is 9.19 Å². The van der Waals surface area contributed by atoms with Gasteiger partial charge in [0, 0.05) is 29.3 Å². The molecule has 1 aromatic rings. The molecule has 0 N–H and O–H groups in total. The maximum absolute atomic E-state index is 11.1. The first kappa shape index (κ1) is 11.0. The Morgan fingerprint density at radius 2 is 2.14 bits per heavy atom. The fourth-order valence-corrected chi connectivity index (χ4v) is 1.74. The number of nitrogens with zero attached hydrogens (tertiary/aromatic N) is 1. The van der Waals surface area contributed by atoms with Gasteiger partial charge in [0.2, 0.25) is 0 Å². The van der Waals surface area contributed by atoms with Gasteiger partial charge in [0.1, 0.15) is 0 Å². The van der Waals surface area contributed by atoms with Gasteiger partial charge in [-0.1, -0.05) is 0 Å². The van der Waals surface area contributed by atoms with E-state index in [9.17, 15) is 4.21 Å². The second kappa shape index (κ2) is 4.95. The molecule has 78 valence electrons. The quantitative estimate of drug-likeness (QED) is 0.751. The summed E-state index contributed by atoms with van der Waals surface area (Å²) in [4.78, 5) is 4.10. The van der Waals surface area contributed by atoms with Crippen molar-refractivity contribution in [3.05, 3.63) is 18.0 Å². The highest BCUT2D eigenvalue weighted by molar-refractivity contribution is 7.83. The van der Waals surface area contributed by atoms with Gasteiger partial charge >= 0.3 is 0 Å². The molecule has 0 aliphatic carbocycles. The van der Waals surface area contributed by atoms with Crippen LogP contribution in [0.25, 0.3) is 0 Å². The lowest BCUT2D eigenvalue weighted by atomic mass is 10.3. The van der Waals surface area contributed by atoms with E-state index >= 15 is 0 Å². The average Bonchev–Trinajstić information content (AvgIpc) is 2.16. The number of rotatable bonds is 4. The molecular formula is C9H13NO3S. The fourth-order valence-electron chi connectivity index (χ4n) is 1.15. The van der Waals surface area contributed by atoms with Crippen molar-refractivity contribution in [2.75, 3.05) is 20.5 Å². The normalized spacial score (nSPS) is 12.2. The molecule has 0 aliphatic heterocycles. The lowest BCUT2D eigenvalue weighted by Crippen LogP contribution is -2.01. The molecule has 0 aliphatic rings. The first-order valence-electron chi connectivity index (χ1n) is 4.05. The second-order valence-corrected chi connectivity index (χ2v) is 4.15. The Balaban J connectivity index is 3.08. The monoisotopic (exact) mass is 215 g/mol. The molecule has 1 unspecified atom stereocenters. The number of hydrogen-bond donors (Lipinski definition) is 0. The maximum atomic E-state index is 11.1. The Hall–Kier alpha value is -1.10. The van der Waals surface area contributed by atoms with E-state index in [1.807, 2.05) is 0 Å². The van der Waals surface area contributed by atoms with Gasteiger partial charge in [-0.2, -0.15) is 0 Å². The van der Waals surface area contributed by atoms with Crippen LogP contribution in [-0.4, -0.2) is 29.7 Å². The highest BCUT2D eigenvalue weighted by atomic mass is 32.2. The highest BCUT2D eigenvalue weighted by Gasteiger charge is 2.11. The van der Waals surface area contributed by atoms with Crippen LogP contribution in [0.3, 0.4) is 0 Å². The van der Waals surface area contributed by atoms with Crippen molar-refractivity contribution < 1.29 is 13.7 Å². The summed E-state index contributed by atoms with van der Waals surface area (Å²) in [6.45, 7) is 0. The van der Waals surface area contributed by atoms with Crippen LogP contribution in [0.4, 0.5) is 0 Å². The van der Waals surface area contributed by atoms with Crippen LogP contribution in [0.1, 0.15) is 5.69 Å². The van der Waals surface area contributed by atoms with Gasteiger partial charge < -0.3 is 9.47 Å². The first-order valence-corrected chi connectivity index (χ1v) is 5.77. The Morgan fingerprint density at radius 1 is 1.43 bits per heavy atom. The van der Waals surface area contributed by atoms with E-state index in [0.29, 0.717) is 22.9 Å². The minimum Gasteiger partial charge on any atom is -0.493 e. The zero-order chi connectivity index (χ0) is 10.6. The summed E-state index contributed by atoms with van der Waals surface area (Å²) < 4.78 is 21.3. The highest BCUT2D eigenvalue weighted by Crippen LogP contribution is 2.29. The number of ether oxygens (including phenoxy) is 2. The zero-order valence-electron chi connectivity index (χ0n) is 8.44. The van der Waals surface area contributed by atoms with Crippen molar-refractivity contribution in [1.82, 2.24) is 4.98 Å². The van der Waals surface area contributed by atoms with E-state index in [-0.39, 0.29) is 0 Å². The smallest absolute Gasteiger partial charge is 0.183 e. The van der Waals surface area contributed by atoms with Gasteiger partial charge in [-0.25, -0.2) is 0 Å². The largest absolute Gasteiger partial charge is 0.493 e. The molecule has 0 saturated carbocycles. The molecule has 0 bridgehead atoms. The van der Waals surface area contributed by atoms with E-state index in [1.165, 1.54) is 0 Å². The molecule has 0 fully saturated rings. The summed E-state index contributed by atoms with van der Waals surface area (Å²) in [5.41, 5.74) is 0.660. The molecule has 0 saturated heterocycles. The molecule has 0 amide bonds. The summed E-state index contributed by atoms with van der Waals surface area (Å²) in [7, 11) is 2.17. The van der Waals surface area contributed by atoms with Crippen LogP contribution in [0, 0.1) is 0 Å². The molecule has 4 nitrogen and oxygen atoms in total. The topological polar surface area (TPSA) is 48.4 Å². The fraction of sp³-hybridized carbons (Fsp3) is 0.444. The number of pyridine rings is 1. The summed E-state index contributed by atoms with van der Waals surface area (Å²) in [5, 5.41) is 0. The third-order valence-electron chi connectivity index (χ3n) is 1.71. The van der Waals surface area contributed by atoms with Crippen molar-refractivity contribution in [3.8, 4) is 11.5 Å². The molecule has 14 heavy (non-hydrogen) atoms. The Bertz CT molecular complexity index is 341. The molecule has 1 atom stereocenters. The van der Waals surface area contributed by atoms with Crippen LogP contribution in [0.2, 0.25) is 0 Å². The number of methoxy groups -OCH3 is 2. The van der Waals surface area contributed by atoms with Crippen LogP contribution in [0.5, 0.6) is 11.5 Å². The van der Waals surface area contributed by atoms with Crippen LogP contribution >= 0.6 is 0 Å². The Kier molecular flexibility index (Phi) is 3.88. The summed E-state index contributed by atoms with van der Waals surface area (Å²) in [5.74, 6) is 1.55. The lowest BCUT2D eigenvalue weighted by molar-refractivity contribution is 0.350. The van der Waals surface area contributed by atoms with Crippen LogP contribution < -0.4 is 9.47 Å². The molecule has 0 aromatic carbocycles. The third-order valence-corrected chi connectivity index (χ3v) is 2.39. The first-order chi connectivity index (χ1) is 6.69. The van der Waals surface area contributed by atoms with Gasteiger partial charge in [0.05, 0.1) is 25.7 Å². The maximum Gasteiger partial charge on any atom is 0.183 e. The van der Waals surface area contributed by atoms with Gasteiger partial charge in [0.15, 0.2) is 11.5 Å². The summed E-state index contributed by atoms with van der Waals surface area (Å²) >= 11 is 0. The average molecular weight is 215 g/mol. The standard InChI is InChI=1S/C9H13NO3S/c1-12-8-4-5-10-7(6-14(3)11)9(8)13-2/h4-5H,6H2,1-3H3. The zero-order valence-corrected chi connectivity index (χ0v) is 9.26. The molecule has 1 heterocycles. The van der Waals surface area contributed by atoms with Gasteiger partial charge in [-0.15, -0.1) is 0 Å². The third kappa shape index (κ3) is 2.45. The summed E-state index contributed by atoms with van der Waals surface area (Å²) in [6.07, 6.45) is 3.24. The van der Waals surface area contributed by atoms with E-state index in [0.717, 1.165) is 0 Å². The lowest BCUT2D eigenvalue weighted by Gasteiger charge is -2.10. The minimum atomic E-state index is -0.937.